The SMILES string of the molecule is Cc1cc(C)n(CCC(=O)N2C[C@@H](c3nc(-c4cnccn4)no3)[C@]3(CCN(C)C3)C2)n1. The zero-order valence-corrected chi connectivity index (χ0v) is 18.7. The Morgan fingerprint density at radius 3 is 2.84 bits per heavy atom. The summed E-state index contributed by atoms with van der Waals surface area (Å²) in [6, 6.07) is 2.03. The molecule has 2 atom stereocenters. The summed E-state index contributed by atoms with van der Waals surface area (Å²) in [7, 11) is 2.12. The molecule has 0 aromatic carbocycles. The lowest BCUT2D eigenvalue weighted by Crippen LogP contribution is -2.35. The number of hydrogen-bond acceptors (Lipinski definition) is 8. The molecule has 5 heterocycles. The van der Waals surface area contributed by atoms with Crippen LogP contribution in [0.15, 0.2) is 29.2 Å². The van der Waals surface area contributed by atoms with Crippen molar-refractivity contribution in [3.8, 4) is 11.5 Å². The average molecular weight is 437 g/mol. The van der Waals surface area contributed by atoms with Crippen LogP contribution in [0, 0.1) is 19.3 Å². The monoisotopic (exact) mass is 436 g/mol. The van der Waals surface area contributed by atoms with Crippen LogP contribution in [0.3, 0.4) is 0 Å². The van der Waals surface area contributed by atoms with E-state index in [1.165, 1.54) is 0 Å². The normalized spacial score (nSPS) is 23.5. The number of likely N-dealkylation sites (tertiary alicyclic amines) is 2. The van der Waals surface area contributed by atoms with Gasteiger partial charge in [-0.1, -0.05) is 5.16 Å². The highest BCUT2D eigenvalue weighted by atomic mass is 16.5. The lowest BCUT2D eigenvalue weighted by molar-refractivity contribution is -0.130. The molecule has 0 N–H and O–H groups in total. The summed E-state index contributed by atoms with van der Waals surface area (Å²) in [5.74, 6) is 1.16. The van der Waals surface area contributed by atoms with E-state index in [9.17, 15) is 4.79 Å². The van der Waals surface area contributed by atoms with Gasteiger partial charge >= 0.3 is 0 Å². The van der Waals surface area contributed by atoms with E-state index in [1.807, 2.05) is 29.5 Å². The van der Waals surface area contributed by atoms with Gasteiger partial charge in [-0.25, -0.2) is 4.98 Å². The Morgan fingerprint density at radius 2 is 2.16 bits per heavy atom. The number of aryl methyl sites for hydroxylation is 3. The van der Waals surface area contributed by atoms with Crippen LogP contribution in [0.4, 0.5) is 0 Å². The topological polar surface area (TPSA) is 106 Å². The van der Waals surface area contributed by atoms with Gasteiger partial charge in [0.25, 0.3) is 0 Å². The van der Waals surface area contributed by atoms with E-state index >= 15 is 0 Å². The highest BCUT2D eigenvalue weighted by Crippen LogP contribution is 2.48. The van der Waals surface area contributed by atoms with Crippen molar-refractivity contribution in [2.24, 2.45) is 5.41 Å². The molecule has 3 aromatic heterocycles. The lowest BCUT2D eigenvalue weighted by Gasteiger charge is -2.27. The van der Waals surface area contributed by atoms with E-state index in [4.69, 9.17) is 4.52 Å². The molecule has 10 heteroatoms. The molecule has 168 valence electrons. The quantitative estimate of drug-likeness (QED) is 0.595. The minimum Gasteiger partial charge on any atom is -0.341 e. The Kier molecular flexibility index (Phi) is 5.24. The van der Waals surface area contributed by atoms with Crippen LogP contribution in [0.25, 0.3) is 11.5 Å². The molecule has 0 radical (unpaired) electrons. The summed E-state index contributed by atoms with van der Waals surface area (Å²) in [6.07, 6.45) is 6.27. The van der Waals surface area contributed by atoms with Gasteiger partial charge in [0.1, 0.15) is 5.69 Å². The first kappa shape index (κ1) is 20.7. The molecule has 2 saturated heterocycles. The summed E-state index contributed by atoms with van der Waals surface area (Å²) in [5, 5.41) is 8.62. The first-order valence-electron chi connectivity index (χ1n) is 11.0. The van der Waals surface area contributed by atoms with Crippen LogP contribution in [0.1, 0.15) is 36.0 Å². The number of aromatic nitrogens is 6. The van der Waals surface area contributed by atoms with Crippen LogP contribution in [-0.2, 0) is 11.3 Å². The van der Waals surface area contributed by atoms with Crippen molar-refractivity contribution in [1.29, 1.82) is 0 Å². The minimum atomic E-state index is -0.0746. The van der Waals surface area contributed by atoms with E-state index < -0.39 is 0 Å². The highest BCUT2D eigenvalue weighted by Gasteiger charge is 2.53. The second-order valence-electron chi connectivity index (χ2n) is 9.12. The second-order valence-corrected chi connectivity index (χ2v) is 9.12. The van der Waals surface area contributed by atoms with Crippen LogP contribution < -0.4 is 0 Å². The molecular weight excluding hydrogens is 408 g/mol. The molecule has 0 unspecified atom stereocenters. The Hall–Kier alpha value is -3.14. The van der Waals surface area contributed by atoms with Crippen molar-refractivity contribution in [3.05, 3.63) is 41.9 Å². The number of rotatable bonds is 5. The fourth-order valence-corrected chi connectivity index (χ4v) is 5.18. The third kappa shape index (κ3) is 3.79. The van der Waals surface area contributed by atoms with Crippen LogP contribution in [0.5, 0.6) is 0 Å². The van der Waals surface area contributed by atoms with E-state index in [1.54, 1.807) is 18.6 Å². The van der Waals surface area contributed by atoms with Gasteiger partial charge in [0.15, 0.2) is 0 Å². The molecule has 0 bridgehead atoms. The smallest absolute Gasteiger partial charge is 0.232 e. The second kappa shape index (κ2) is 8.09. The zero-order chi connectivity index (χ0) is 22.3. The van der Waals surface area contributed by atoms with Crippen molar-refractivity contribution in [3.63, 3.8) is 0 Å². The molecule has 1 spiro atoms. The van der Waals surface area contributed by atoms with Crippen molar-refractivity contribution in [2.75, 3.05) is 33.2 Å². The predicted molar refractivity (Wildman–Crippen MR) is 116 cm³/mol. The van der Waals surface area contributed by atoms with Crippen LogP contribution in [0.2, 0.25) is 0 Å². The number of carbonyl (C=O) groups excluding carboxylic acids is 1. The largest absolute Gasteiger partial charge is 0.341 e. The van der Waals surface area contributed by atoms with Gasteiger partial charge in [0, 0.05) is 56.1 Å². The van der Waals surface area contributed by atoms with Gasteiger partial charge in [-0.05, 0) is 39.9 Å². The summed E-state index contributed by atoms with van der Waals surface area (Å²) >= 11 is 0. The molecule has 5 rings (SSSR count). The number of carbonyl (C=O) groups is 1. The van der Waals surface area contributed by atoms with Gasteiger partial charge in [-0.2, -0.15) is 10.1 Å². The molecule has 0 aliphatic carbocycles. The van der Waals surface area contributed by atoms with Crippen molar-refractivity contribution in [1.82, 2.24) is 39.7 Å². The third-order valence-electron chi connectivity index (χ3n) is 6.75. The van der Waals surface area contributed by atoms with Crippen LogP contribution in [-0.4, -0.2) is 78.8 Å². The van der Waals surface area contributed by atoms with E-state index in [2.05, 4.69) is 37.2 Å². The minimum absolute atomic E-state index is 0.00278. The zero-order valence-electron chi connectivity index (χ0n) is 18.7. The average Bonchev–Trinajstić information content (AvgIpc) is 3.55. The molecule has 1 amide bonds. The van der Waals surface area contributed by atoms with Crippen molar-refractivity contribution in [2.45, 2.75) is 39.2 Å². The molecule has 2 aliphatic heterocycles. The molecular formula is C22H28N8O2. The predicted octanol–water partition coefficient (Wildman–Crippen LogP) is 1.68. The standard InChI is InChI=1S/C22H28N8O2/c1-15-10-16(2)30(26-15)8-4-19(31)29-12-17(22(14-29)5-9-28(3)13-22)21-25-20(27-32-21)18-11-23-6-7-24-18/h6-7,10-11,17H,4-5,8-9,12-14H2,1-3H3/t17-,22-/m0/s1. The lowest BCUT2D eigenvalue weighted by atomic mass is 9.77. The number of nitrogens with zero attached hydrogens (tertiary/aromatic N) is 8. The van der Waals surface area contributed by atoms with Crippen LogP contribution >= 0.6 is 0 Å². The molecule has 2 fully saturated rings. The third-order valence-corrected chi connectivity index (χ3v) is 6.75. The Labute approximate surface area is 186 Å². The Bertz CT molecular complexity index is 1110. The van der Waals surface area contributed by atoms with Crippen molar-refractivity contribution < 1.29 is 9.32 Å². The molecule has 3 aromatic rings. The molecule has 32 heavy (non-hydrogen) atoms. The number of hydrogen-bond donors (Lipinski definition) is 0. The van der Waals surface area contributed by atoms with Gasteiger partial charge in [-0.15, -0.1) is 0 Å². The Morgan fingerprint density at radius 1 is 1.28 bits per heavy atom. The van der Waals surface area contributed by atoms with E-state index in [-0.39, 0.29) is 17.2 Å². The maximum absolute atomic E-state index is 13.1. The van der Waals surface area contributed by atoms with E-state index in [0.29, 0.717) is 43.5 Å². The highest BCUT2D eigenvalue weighted by molar-refractivity contribution is 5.76. The summed E-state index contributed by atoms with van der Waals surface area (Å²) in [4.78, 5) is 30.4. The van der Waals surface area contributed by atoms with Gasteiger partial charge < -0.3 is 14.3 Å². The summed E-state index contributed by atoms with van der Waals surface area (Å²) < 4.78 is 7.61. The summed E-state index contributed by atoms with van der Waals surface area (Å²) in [6.45, 7) is 7.77. The first-order chi connectivity index (χ1) is 15.4. The maximum Gasteiger partial charge on any atom is 0.232 e. The maximum atomic E-state index is 13.1. The fraction of sp³-hybridized carbons (Fsp3) is 0.545. The van der Waals surface area contributed by atoms with Crippen molar-refractivity contribution >= 4 is 5.91 Å². The number of amides is 1. The fourth-order valence-electron chi connectivity index (χ4n) is 5.18. The molecule has 10 nitrogen and oxygen atoms in total. The summed E-state index contributed by atoms with van der Waals surface area (Å²) in [5.41, 5.74) is 2.55. The van der Waals surface area contributed by atoms with E-state index in [0.717, 1.165) is 30.9 Å². The van der Waals surface area contributed by atoms with Gasteiger partial charge in [-0.3, -0.25) is 14.5 Å². The molecule has 0 saturated carbocycles. The Balaban J connectivity index is 1.35. The van der Waals surface area contributed by atoms with Gasteiger partial charge in [0.2, 0.25) is 17.6 Å². The van der Waals surface area contributed by atoms with Gasteiger partial charge in [0.05, 0.1) is 17.8 Å². The molecule has 2 aliphatic rings. The first-order valence-corrected chi connectivity index (χ1v) is 11.0.